The van der Waals surface area contributed by atoms with E-state index < -0.39 is 12.0 Å². The normalized spacial score (nSPS) is 16.9. The van der Waals surface area contributed by atoms with E-state index in [-0.39, 0.29) is 5.91 Å². The van der Waals surface area contributed by atoms with Crippen LogP contribution in [0.1, 0.15) is 23.2 Å². The fourth-order valence-electron chi connectivity index (χ4n) is 3.00. The van der Waals surface area contributed by atoms with Crippen molar-refractivity contribution in [1.82, 2.24) is 9.88 Å². The number of likely N-dealkylation sites (tertiary alicyclic amines) is 1. The first-order chi connectivity index (χ1) is 11.6. The molecule has 0 unspecified atom stereocenters. The van der Waals surface area contributed by atoms with Crippen LogP contribution in [0.4, 0.5) is 0 Å². The summed E-state index contributed by atoms with van der Waals surface area (Å²) in [7, 11) is 1.56. The van der Waals surface area contributed by atoms with Crippen molar-refractivity contribution in [3.63, 3.8) is 0 Å². The van der Waals surface area contributed by atoms with Gasteiger partial charge in [0, 0.05) is 23.9 Å². The molecule has 1 aromatic heterocycles. The Morgan fingerprint density at radius 1 is 1.29 bits per heavy atom. The molecule has 6 heteroatoms. The zero-order valence-corrected chi connectivity index (χ0v) is 13.3. The summed E-state index contributed by atoms with van der Waals surface area (Å²) >= 11 is 0. The lowest BCUT2D eigenvalue weighted by Crippen LogP contribution is -2.40. The Labute approximate surface area is 139 Å². The quantitative estimate of drug-likeness (QED) is 0.933. The van der Waals surface area contributed by atoms with Gasteiger partial charge in [-0.2, -0.15) is 0 Å². The van der Waals surface area contributed by atoms with Crippen LogP contribution in [0.3, 0.4) is 0 Å². The standard InChI is InChI=1S/C18H18N2O4/c1-24-16-8-7-12(11-13(16)14-5-2-3-9-19-14)17(21)20-10-4-6-15(20)18(22)23/h2-3,5,7-9,11,15H,4,6,10H2,1H3,(H,22,23)/t15-/m0/s1. The molecular weight excluding hydrogens is 308 g/mol. The number of benzene rings is 1. The number of ether oxygens (including phenoxy) is 1. The number of methoxy groups -OCH3 is 1. The molecule has 124 valence electrons. The van der Waals surface area contributed by atoms with E-state index in [4.69, 9.17) is 4.74 Å². The first kappa shape index (κ1) is 16.0. The molecule has 0 spiro atoms. The number of amides is 1. The van der Waals surface area contributed by atoms with E-state index >= 15 is 0 Å². The van der Waals surface area contributed by atoms with Gasteiger partial charge >= 0.3 is 5.97 Å². The number of hydrogen-bond acceptors (Lipinski definition) is 4. The first-order valence-electron chi connectivity index (χ1n) is 7.75. The molecule has 0 bridgehead atoms. The predicted octanol–water partition coefficient (Wildman–Crippen LogP) is 2.45. The average molecular weight is 326 g/mol. The van der Waals surface area contributed by atoms with Crippen LogP contribution >= 0.6 is 0 Å². The summed E-state index contributed by atoms with van der Waals surface area (Å²) in [6, 6.07) is 9.83. The summed E-state index contributed by atoms with van der Waals surface area (Å²) in [6.45, 7) is 0.459. The second-order valence-corrected chi connectivity index (χ2v) is 5.62. The number of rotatable bonds is 4. The number of nitrogens with zero attached hydrogens (tertiary/aromatic N) is 2. The van der Waals surface area contributed by atoms with Gasteiger partial charge in [0.2, 0.25) is 0 Å². The Kier molecular flexibility index (Phi) is 4.46. The fraction of sp³-hybridized carbons (Fsp3) is 0.278. The van der Waals surface area contributed by atoms with E-state index in [0.717, 1.165) is 0 Å². The Morgan fingerprint density at radius 2 is 2.12 bits per heavy atom. The molecule has 1 atom stereocenters. The lowest BCUT2D eigenvalue weighted by molar-refractivity contribution is -0.141. The third-order valence-corrected chi connectivity index (χ3v) is 4.19. The third-order valence-electron chi connectivity index (χ3n) is 4.19. The molecular formula is C18H18N2O4. The highest BCUT2D eigenvalue weighted by Gasteiger charge is 2.34. The van der Waals surface area contributed by atoms with Crippen molar-refractivity contribution in [3.05, 3.63) is 48.2 Å². The van der Waals surface area contributed by atoms with Gasteiger partial charge in [-0.25, -0.2) is 4.79 Å². The highest BCUT2D eigenvalue weighted by atomic mass is 16.5. The van der Waals surface area contributed by atoms with E-state index in [1.807, 2.05) is 18.2 Å². The number of aliphatic carboxylic acids is 1. The average Bonchev–Trinajstić information content (AvgIpc) is 3.11. The molecule has 3 rings (SSSR count). The van der Waals surface area contributed by atoms with E-state index in [1.165, 1.54) is 4.90 Å². The van der Waals surface area contributed by atoms with Crippen molar-refractivity contribution in [2.45, 2.75) is 18.9 Å². The van der Waals surface area contributed by atoms with Gasteiger partial charge in [-0.05, 0) is 43.2 Å². The van der Waals surface area contributed by atoms with Crippen LogP contribution in [0.5, 0.6) is 5.75 Å². The second-order valence-electron chi connectivity index (χ2n) is 5.62. The van der Waals surface area contributed by atoms with Crippen molar-refractivity contribution in [2.24, 2.45) is 0 Å². The molecule has 1 aliphatic heterocycles. The predicted molar refractivity (Wildman–Crippen MR) is 87.9 cm³/mol. The zero-order valence-electron chi connectivity index (χ0n) is 13.3. The van der Waals surface area contributed by atoms with Crippen molar-refractivity contribution in [3.8, 4) is 17.0 Å². The molecule has 0 aliphatic carbocycles. The van der Waals surface area contributed by atoms with Crippen molar-refractivity contribution in [1.29, 1.82) is 0 Å². The second kappa shape index (κ2) is 6.70. The van der Waals surface area contributed by atoms with Gasteiger partial charge in [-0.3, -0.25) is 9.78 Å². The number of carboxylic acid groups (broad SMARTS) is 1. The molecule has 1 saturated heterocycles. The van der Waals surface area contributed by atoms with E-state index in [0.29, 0.717) is 42.0 Å². The maximum Gasteiger partial charge on any atom is 0.326 e. The lowest BCUT2D eigenvalue weighted by atomic mass is 10.0. The van der Waals surface area contributed by atoms with Gasteiger partial charge in [-0.15, -0.1) is 0 Å². The highest BCUT2D eigenvalue weighted by Crippen LogP contribution is 2.30. The third kappa shape index (κ3) is 2.95. The maximum absolute atomic E-state index is 12.7. The Hall–Kier alpha value is -2.89. The number of aromatic nitrogens is 1. The molecule has 1 fully saturated rings. The molecule has 1 aromatic carbocycles. The summed E-state index contributed by atoms with van der Waals surface area (Å²) in [5, 5.41) is 9.27. The van der Waals surface area contributed by atoms with Gasteiger partial charge < -0.3 is 14.7 Å². The van der Waals surface area contributed by atoms with E-state index in [1.54, 1.807) is 31.5 Å². The van der Waals surface area contributed by atoms with E-state index in [9.17, 15) is 14.7 Å². The van der Waals surface area contributed by atoms with Crippen molar-refractivity contribution in [2.75, 3.05) is 13.7 Å². The van der Waals surface area contributed by atoms with Crippen LogP contribution in [0.25, 0.3) is 11.3 Å². The molecule has 1 amide bonds. The summed E-state index contributed by atoms with van der Waals surface area (Å²) in [4.78, 5) is 29.8. The van der Waals surface area contributed by atoms with Crippen LogP contribution in [-0.4, -0.2) is 46.6 Å². The molecule has 2 heterocycles. The SMILES string of the molecule is COc1ccc(C(=O)N2CCC[C@H]2C(=O)O)cc1-c1ccccn1. The van der Waals surface area contributed by atoms with Crippen LogP contribution in [0, 0.1) is 0 Å². The number of hydrogen-bond donors (Lipinski definition) is 1. The Bertz CT molecular complexity index is 761. The summed E-state index contributed by atoms with van der Waals surface area (Å²) in [6.07, 6.45) is 2.86. The van der Waals surface area contributed by atoms with Gasteiger partial charge in [0.1, 0.15) is 11.8 Å². The highest BCUT2D eigenvalue weighted by molar-refractivity contribution is 5.98. The summed E-state index contributed by atoms with van der Waals surface area (Å²) in [5.74, 6) is -0.625. The molecule has 24 heavy (non-hydrogen) atoms. The molecule has 0 radical (unpaired) electrons. The van der Waals surface area contributed by atoms with Crippen molar-refractivity contribution >= 4 is 11.9 Å². The topological polar surface area (TPSA) is 79.7 Å². The Balaban J connectivity index is 1.97. The van der Waals surface area contributed by atoms with Crippen molar-refractivity contribution < 1.29 is 19.4 Å². The van der Waals surface area contributed by atoms with Crippen LogP contribution in [0.15, 0.2) is 42.6 Å². The largest absolute Gasteiger partial charge is 0.496 e. The molecule has 1 N–H and O–H groups in total. The molecule has 0 saturated carbocycles. The van der Waals surface area contributed by atoms with Gasteiger partial charge in [0.25, 0.3) is 5.91 Å². The van der Waals surface area contributed by atoms with Crippen LogP contribution < -0.4 is 4.74 Å². The monoisotopic (exact) mass is 326 g/mol. The molecule has 1 aliphatic rings. The van der Waals surface area contributed by atoms with E-state index in [2.05, 4.69) is 4.98 Å². The van der Waals surface area contributed by atoms with Crippen LogP contribution in [-0.2, 0) is 4.79 Å². The number of carbonyl (C=O) groups is 2. The summed E-state index contributed by atoms with van der Waals surface area (Å²) < 4.78 is 5.36. The summed E-state index contributed by atoms with van der Waals surface area (Å²) in [5.41, 5.74) is 1.83. The lowest BCUT2D eigenvalue weighted by Gasteiger charge is -2.22. The fourth-order valence-corrected chi connectivity index (χ4v) is 3.00. The zero-order chi connectivity index (χ0) is 17.1. The minimum atomic E-state index is -0.959. The number of carboxylic acids is 1. The van der Waals surface area contributed by atoms with Gasteiger partial charge in [-0.1, -0.05) is 6.07 Å². The van der Waals surface area contributed by atoms with Gasteiger partial charge in [0.15, 0.2) is 0 Å². The number of pyridine rings is 1. The Morgan fingerprint density at radius 3 is 2.79 bits per heavy atom. The molecule has 2 aromatic rings. The molecule has 6 nitrogen and oxygen atoms in total. The van der Waals surface area contributed by atoms with Crippen LogP contribution in [0.2, 0.25) is 0 Å². The smallest absolute Gasteiger partial charge is 0.326 e. The van der Waals surface area contributed by atoms with Gasteiger partial charge in [0.05, 0.1) is 12.8 Å². The first-order valence-corrected chi connectivity index (χ1v) is 7.75. The minimum absolute atomic E-state index is 0.278. The number of carbonyl (C=O) groups excluding carboxylic acids is 1. The minimum Gasteiger partial charge on any atom is -0.496 e. The maximum atomic E-state index is 12.7.